The Hall–Kier alpha value is -0.570. The fourth-order valence-electron chi connectivity index (χ4n) is 3.00. The van der Waals surface area contributed by atoms with Gasteiger partial charge in [-0.05, 0) is 38.1 Å². The van der Waals surface area contributed by atoms with Crippen molar-refractivity contribution in [1.29, 1.82) is 0 Å². The molecule has 0 amide bonds. The zero-order chi connectivity index (χ0) is 9.42. The molecule has 1 N–H and O–H groups in total. The molecule has 3 unspecified atom stereocenters. The average molecular weight is 183 g/mol. The molecule has 0 aromatic rings. The van der Waals surface area contributed by atoms with Gasteiger partial charge in [-0.25, -0.2) is 0 Å². The highest BCUT2D eigenvalue weighted by Crippen LogP contribution is 2.42. The van der Waals surface area contributed by atoms with Crippen LogP contribution in [0.4, 0.5) is 0 Å². The van der Waals surface area contributed by atoms with Crippen LogP contribution in [0, 0.1) is 5.92 Å². The molecule has 2 fully saturated rings. The number of rotatable bonds is 3. The Labute approximate surface area is 78.7 Å². The van der Waals surface area contributed by atoms with E-state index in [0.29, 0.717) is 12.0 Å². The summed E-state index contributed by atoms with van der Waals surface area (Å²) < 4.78 is 0. The summed E-state index contributed by atoms with van der Waals surface area (Å²) in [5.74, 6) is -0.172. The van der Waals surface area contributed by atoms with Gasteiger partial charge in [-0.15, -0.1) is 0 Å². The first kappa shape index (κ1) is 9.00. The van der Waals surface area contributed by atoms with Crippen molar-refractivity contribution >= 4 is 5.97 Å². The second-order valence-corrected chi connectivity index (χ2v) is 4.25. The standard InChI is InChI=1S/C10H17NO2/c1-2-5-11-8-4-3-7(6-8)9(11)10(12)13/h7-9H,2-6H2,1H3,(H,12,13). The molecular formula is C10H17NO2. The van der Waals surface area contributed by atoms with Crippen LogP contribution in [-0.2, 0) is 4.79 Å². The Morgan fingerprint density at radius 3 is 2.92 bits per heavy atom. The highest BCUT2D eigenvalue weighted by atomic mass is 16.4. The number of aliphatic carboxylic acids is 1. The maximum atomic E-state index is 11.0. The van der Waals surface area contributed by atoms with Crippen molar-refractivity contribution in [2.24, 2.45) is 5.92 Å². The molecule has 1 heterocycles. The van der Waals surface area contributed by atoms with Crippen LogP contribution in [0.3, 0.4) is 0 Å². The van der Waals surface area contributed by atoms with E-state index in [1.54, 1.807) is 0 Å². The third-order valence-corrected chi connectivity index (χ3v) is 3.45. The van der Waals surface area contributed by atoms with E-state index < -0.39 is 5.97 Å². The number of likely N-dealkylation sites (tertiary alicyclic amines) is 1. The monoisotopic (exact) mass is 183 g/mol. The second-order valence-electron chi connectivity index (χ2n) is 4.25. The van der Waals surface area contributed by atoms with Gasteiger partial charge < -0.3 is 5.11 Å². The van der Waals surface area contributed by atoms with Gasteiger partial charge in [0.25, 0.3) is 0 Å². The fourth-order valence-corrected chi connectivity index (χ4v) is 3.00. The Bertz CT molecular complexity index is 217. The highest BCUT2D eigenvalue weighted by molar-refractivity contribution is 5.74. The Morgan fingerprint density at radius 2 is 2.31 bits per heavy atom. The summed E-state index contributed by atoms with van der Waals surface area (Å²) >= 11 is 0. The summed E-state index contributed by atoms with van der Waals surface area (Å²) in [6.07, 6.45) is 4.53. The van der Waals surface area contributed by atoms with Gasteiger partial charge in [0.1, 0.15) is 6.04 Å². The lowest BCUT2D eigenvalue weighted by atomic mass is 9.99. The van der Waals surface area contributed by atoms with Crippen LogP contribution in [0.2, 0.25) is 0 Å². The molecule has 3 nitrogen and oxygen atoms in total. The van der Waals surface area contributed by atoms with Crippen molar-refractivity contribution in [3.8, 4) is 0 Å². The van der Waals surface area contributed by atoms with Crippen molar-refractivity contribution in [2.75, 3.05) is 6.54 Å². The smallest absolute Gasteiger partial charge is 0.321 e. The normalized spacial score (nSPS) is 38.4. The van der Waals surface area contributed by atoms with Gasteiger partial charge in [0.15, 0.2) is 0 Å². The van der Waals surface area contributed by atoms with Crippen LogP contribution in [0.15, 0.2) is 0 Å². The van der Waals surface area contributed by atoms with E-state index in [4.69, 9.17) is 5.11 Å². The Balaban J connectivity index is 2.10. The van der Waals surface area contributed by atoms with Crippen LogP contribution in [-0.4, -0.2) is 34.6 Å². The van der Waals surface area contributed by atoms with Crippen molar-refractivity contribution in [2.45, 2.75) is 44.7 Å². The van der Waals surface area contributed by atoms with Crippen molar-refractivity contribution < 1.29 is 9.90 Å². The van der Waals surface area contributed by atoms with Gasteiger partial charge in [-0.3, -0.25) is 9.69 Å². The maximum absolute atomic E-state index is 11.0. The third kappa shape index (κ3) is 1.35. The number of hydrogen-bond acceptors (Lipinski definition) is 2. The summed E-state index contributed by atoms with van der Waals surface area (Å²) in [6.45, 7) is 3.07. The van der Waals surface area contributed by atoms with Gasteiger partial charge in [0, 0.05) is 6.04 Å². The van der Waals surface area contributed by atoms with Crippen LogP contribution in [0.5, 0.6) is 0 Å². The molecule has 2 aliphatic rings. The number of nitrogens with zero attached hydrogens (tertiary/aromatic N) is 1. The lowest BCUT2D eigenvalue weighted by Crippen LogP contribution is -2.45. The zero-order valence-electron chi connectivity index (χ0n) is 8.07. The first-order chi connectivity index (χ1) is 6.24. The van der Waals surface area contributed by atoms with Crippen molar-refractivity contribution in [3.63, 3.8) is 0 Å². The molecule has 0 aromatic carbocycles. The van der Waals surface area contributed by atoms with Gasteiger partial charge in [-0.1, -0.05) is 6.92 Å². The lowest BCUT2D eigenvalue weighted by molar-refractivity contribution is -0.145. The predicted molar refractivity (Wildman–Crippen MR) is 49.5 cm³/mol. The molecule has 1 saturated carbocycles. The molecule has 1 aliphatic carbocycles. The van der Waals surface area contributed by atoms with E-state index in [-0.39, 0.29) is 6.04 Å². The highest BCUT2D eigenvalue weighted by Gasteiger charge is 2.48. The van der Waals surface area contributed by atoms with Crippen LogP contribution in [0.25, 0.3) is 0 Å². The van der Waals surface area contributed by atoms with E-state index in [2.05, 4.69) is 11.8 Å². The minimum Gasteiger partial charge on any atom is -0.480 e. The molecule has 1 aliphatic heterocycles. The largest absolute Gasteiger partial charge is 0.480 e. The predicted octanol–water partition coefficient (Wildman–Crippen LogP) is 1.33. The number of carboxylic acid groups (broad SMARTS) is 1. The molecule has 0 aromatic heterocycles. The van der Waals surface area contributed by atoms with Crippen LogP contribution < -0.4 is 0 Å². The molecule has 74 valence electrons. The summed E-state index contributed by atoms with van der Waals surface area (Å²) in [5, 5.41) is 9.09. The SMILES string of the molecule is CCCN1C2CCC(C2)C1C(=O)O. The molecule has 3 atom stereocenters. The first-order valence-corrected chi connectivity index (χ1v) is 5.22. The van der Waals surface area contributed by atoms with E-state index in [1.165, 1.54) is 6.42 Å². The van der Waals surface area contributed by atoms with Gasteiger partial charge >= 0.3 is 5.97 Å². The average Bonchev–Trinajstić information content (AvgIpc) is 2.63. The fraction of sp³-hybridized carbons (Fsp3) is 0.900. The number of hydrogen-bond donors (Lipinski definition) is 1. The van der Waals surface area contributed by atoms with Crippen LogP contribution >= 0.6 is 0 Å². The summed E-state index contributed by atoms with van der Waals surface area (Å²) in [4.78, 5) is 13.2. The zero-order valence-corrected chi connectivity index (χ0v) is 8.07. The molecule has 0 spiro atoms. The van der Waals surface area contributed by atoms with Crippen LogP contribution in [0.1, 0.15) is 32.6 Å². The molecule has 3 heteroatoms. The van der Waals surface area contributed by atoms with E-state index >= 15 is 0 Å². The number of carbonyl (C=O) groups is 1. The molecule has 2 bridgehead atoms. The molecular weight excluding hydrogens is 166 g/mol. The van der Waals surface area contributed by atoms with E-state index in [1.807, 2.05) is 0 Å². The first-order valence-electron chi connectivity index (χ1n) is 5.22. The summed E-state index contributed by atoms with van der Waals surface area (Å²) in [6, 6.07) is 0.407. The lowest BCUT2D eigenvalue weighted by Gasteiger charge is -2.32. The summed E-state index contributed by atoms with van der Waals surface area (Å²) in [5.41, 5.74) is 0. The maximum Gasteiger partial charge on any atom is 0.321 e. The second kappa shape index (κ2) is 3.29. The number of fused-ring (bicyclic) bond motifs is 2. The summed E-state index contributed by atoms with van der Waals surface area (Å²) in [7, 11) is 0. The molecule has 13 heavy (non-hydrogen) atoms. The minimum absolute atomic E-state index is 0.168. The Kier molecular flexibility index (Phi) is 2.28. The topological polar surface area (TPSA) is 40.5 Å². The van der Waals surface area contributed by atoms with Crippen molar-refractivity contribution in [3.05, 3.63) is 0 Å². The van der Waals surface area contributed by atoms with E-state index in [0.717, 1.165) is 25.8 Å². The van der Waals surface area contributed by atoms with Gasteiger partial charge in [0.05, 0.1) is 0 Å². The van der Waals surface area contributed by atoms with E-state index in [9.17, 15) is 4.79 Å². The van der Waals surface area contributed by atoms with Gasteiger partial charge in [-0.2, -0.15) is 0 Å². The molecule has 0 radical (unpaired) electrons. The quantitative estimate of drug-likeness (QED) is 0.717. The molecule has 1 saturated heterocycles. The Morgan fingerprint density at radius 1 is 1.54 bits per heavy atom. The van der Waals surface area contributed by atoms with Gasteiger partial charge in [0.2, 0.25) is 0 Å². The number of carboxylic acids is 1. The molecule has 2 rings (SSSR count). The third-order valence-electron chi connectivity index (χ3n) is 3.45. The minimum atomic E-state index is -0.611. The number of piperidine rings is 1. The van der Waals surface area contributed by atoms with Crippen molar-refractivity contribution in [1.82, 2.24) is 4.90 Å².